The van der Waals surface area contributed by atoms with Crippen LogP contribution in [0.15, 0.2) is 0 Å². The van der Waals surface area contributed by atoms with Gasteiger partial charge in [0.05, 0.1) is 0 Å². The summed E-state index contributed by atoms with van der Waals surface area (Å²) in [7, 11) is 4.42. The van der Waals surface area contributed by atoms with Gasteiger partial charge < -0.3 is 4.90 Å². The Morgan fingerprint density at radius 3 is 1.75 bits per heavy atom. The van der Waals surface area contributed by atoms with Crippen molar-refractivity contribution in [2.45, 2.75) is 52.5 Å². The zero-order chi connectivity index (χ0) is 9.78. The number of rotatable bonds is 5. The molecule has 1 unspecified atom stereocenters. The Morgan fingerprint density at radius 2 is 1.67 bits per heavy atom. The van der Waals surface area contributed by atoms with Crippen molar-refractivity contribution in [3.63, 3.8) is 0 Å². The van der Waals surface area contributed by atoms with Crippen LogP contribution in [0.5, 0.6) is 0 Å². The van der Waals surface area contributed by atoms with Crippen LogP contribution < -0.4 is 0 Å². The van der Waals surface area contributed by atoms with Gasteiger partial charge in [-0.25, -0.2) is 0 Å². The van der Waals surface area contributed by atoms with E-state index in [1.165, 1.54) is 19.3 Å². The highest BCUT2D eigenvalue weighted by molar-refractivity contribution is 4.88. The van der Waals surface area contributed by atoms with E-state index >= 15 is 0 Å². The van der Waals surface area contributed by atoms with Crippen LogP contribution in [0, 0.1) is 5.92 Å². The third-order valence-electron chi connectivity index (χ3n) is 3.26. The highest BCUT2D eigenvalue weighted by Crippen LogP contribution is 2.31. The molecule has 12 heavy (non-hydrogen) atoms. The lowest BCUT2D eigenvalue weighted by Gasteiger charge is -2.43. The zero-order valence-electron chi connectivity index (χ0n) is 9.65. The Balaban J connectivity index is 4.51. The monoisotopic (exact) mass is 171 g/mol. The molecule has 0 aromatic heterocycles. The van der Waals surface area contributed by atoms with Crippen molar-refractivity contribution in [1.82, 2.24) is 4.90 Å². The molecule has 0 heterocycles. The maximum atomic E-state index is 2.40. The third-order valence-corrected chi connectivity index (χ3v) is 3.26. The Kier molecular flexibility index (Phi) is 4.84. The molecule has 0 amide bonds. The van der Waals surface area contributed by atoms with Crippen molar-refractivity contribution < 1.29 is 0 Å². The van der Waals surface area contributed by atoms with Crippen LogP contribution in [-0.2, 0) is 0 Å². The molecule has 0 rings (SSSR count). The summed E-state index contributed by atoms with van der Waals surface area (Å²) in [5.41, 5.74) is 0.425. The van der Waals surface area contributed by atoms with Crippen LogP contribution in [0.1, 0.15) is 47.0 Å². The average molecular weight is 171 g/mol. The van der Waals surface area contributed by atoms with Crippen molar-refractivity contribution in [2.75, 3.05) is 14.1 Å². The lowest BCUT2D eigenvalue weighted by Crippen LogP contribution is -2.48. The molecule has 0 bridgehead atoms. The molecule has 0 aromatic rings. The van der Waals surface area contributed by atoms with E-state index in [0.717, 1.165) is 5.92 Å². The fourth-order valence-corrected chi connectivity index (χ4v) is 2.36. The molecule has 1 nitrogen and oxygen atoms in total. The van der Waals surface area contributed by atoms with Crippen LogP contribution in [0.4, 0.5) is 0 Å². The first-order chi connectivity index (χ1) is 5.51. The Morgan fingerprint density at radius 1 is 1.17 bits per heavy atom. The second kappa shape index (κ2) is 4.86. The molecule has 0 spiro atoms. The molecule has 0 saturated carbocycles. The molecule has 0 aromatic carbocycles. The molecule has 0 N–H and O–H groups in total. The fourth-order valence-electron chi connectivity index (χ4n) is 2.36. The van der Waals surface area contributed by atoms with Crippen LogP contribution in [0.25, 0.3) is 0 Å². The van der Waals surface area contributed by atoms with Gasteiger partial charge in [-0.3, -0.25) is 0 Å². The summed E-state index contributed by atoms with van der Waals surface area (Å²) in [6, 6.07) is 0. The second-order valence-corrected chi connectivity index (χ2v) is 4.26. The summed E-state index contributed by atoms with van der Waals surface area (Å²) >= 11 is 0. The molecule has 1 heteroatoms. The van der Waals surface area contributed by atoms with E-state index in [-0.39, 0.29) is 0 Å². The molecular formula is C11H25N. The molecule has 0 saturated heterocycles. The molecule has 0 aliphatic carbocycles. The predicted molar refractivity (Wildman–Crippen MR) is 56.5 cm³/mol. The summed E-state index contributed by atoms with van der Waals surface area (Å²) in [5, 5.41) is 0. The van der Waals surface area contributed by atoms with E-state index in [0.29, 0.717) is 5.54 Å². The highest BCUT2D eigenvalue weighted by atomic mass is 15.1. The van der Waals surface area contributed by atoms with Crippen LogP contribution in [-0.4, -0.2) is 24.5 Å². The maximum absolute atomic E-state index is 2.40. The predicted octanol–water partition coefficient (Wildman–Crippen LogP) is 3.15. The smallest absolute Gasteiger partial charge is 0.0223 e. The van der Waals surface area contributed by atoms with Crippen LogP contribution >= 0.6 is 0 Å². The second-order valence-electron chi connectivity index (χ2n) is 4.26. The molecule has 0 aliphatic rings. The van der Waals surface area contributed by atoms with Gasteiger partial charge in [0.2, 0.25) is 0 Å². The van der Waals surface area contributed by atoms with E-state index in [2.05, 4.69) is 46.7 Å². The van der Waals surface area contributed by atoms with Crippen molar-refractivity contribution >= 4 is 0 Å². The number of nitrogens with zero attached hydrogens (tertiary/aromatic N) is 1. The van der Waals surface area contributed by atoms with Gasteiger partial charge in [0.25, 0.3) is 0 Å². The van der Waals surface area contributed by atoms with Gasteiger partial charge in [-0.1, -0.05) is 34.1 Å². The summed E-state index contributed by atoms with van der Waals surface area (Å²) in [5.74, 6) is 0.748. The normalized spacial score (nSPS) is 17.0. The largest absolute Gasteiger partial charge is 0.303 e. The summed E-state index contributed by atoms with van der Waals surface area (Å²) in [4.78, 5) is 2.40. The van der Waals surface area contributed by atoms with E-state index in [4.69, 9.17) is 0 Å². The lowest BCUT2D eigenvalue weighted by atomic mass is 9.79. The van der Waals surface area contributed by atoms with Crippen molar-refractivity contribution in [1.29, 1.82) is 0 Å². The Labute approximate surface area is 78.1 Å². The summed E-state index contributed by atoms with van der Waals surface area (Å²) in [6.07, 6.45) is 3.85. The molecule has 0 radical (unpaired) electrons. The minimum absolute atomic E-state index is 0.425. The minimum Gasteiger partial charge on any atom is -0.303 e. The topological polar surface area (TPSA) is 3.24 Å². The molecule has 1 atom stereocenters. The van der Waals surface area contributed by atoms with Crippen LogP contribution in [0.3, 0.4) is 0 Å². The number of hydrogen-bond acceptors (Lipinski definition) is 1. The third kappa shape index (κ3) is 2.22. The van der Waals surface area contributed by atoms with E-state index in [1.807, 2.05) is 0 Å². The first-order valence-corrected chi connectivity index (χ1v) is 5.18. The molecule has 0 aliphatic heterocycles. The van der Waals surface area contributed by atoms with Gasteiger partial charge in [0, 0.05) is 5.54 Å². The minimum atomic E-state index is 0.425. The lowest BCUT2D eigenvalue weighted by molar-refractivity contribution is 0.0785. The Hall–Kier alpha value is -0.0400. The molecule has 0 fully saturated rings. The highest BCUT2D eigenvalue weighted by Gasteiger charge is 2.32. The number of hydrogen-bond donors (Lipinski definition) is 0. The van der Waals surface area contributed by atoms with Crippen LogP contribution in [0.2, 0.25) is 0 Å². The van der Waals surface area contributed by atoms with Gasteiger partial charge >= 0.3 is 0 Å². The summed E-state index contributed by atoms with van der Waals surface area (Å²) < 4.78 is 0. The van der Waals surface area contributed by atoms with Gasteiger partial charge in [0.15, 0.2) is 0 Å². The van der Waals surface area contributed by atoms with Gasteiger partial charge in [-0.15, -0.1) is 0 Å². The van der Waals surface area contributed by atoms with E-state index < -0.39 is 0 Å². The molecular weight excluding hydrogens is 146 g/mol. The first kappa shape index (κ1) is 12.0. The maximum Gasteiger partial charge on any atom is 0.0223 e. The standard InChI is InChI=1S/C11H25N/c1-7-9-11(8-2,10(3)4)12(5)6/h10H,7-9H2,1-6H3. The van der Waals surface area contributed by atoms with Crippen molar-refractivity contribution in [3.05, 3.63) is 0 Å². The quantitative estimate of drug-likeness (QED) is 0.614. The fraction of sp³-hybridized carbons (Fsp3) is 1.00. The van der Waals surface area contributed by atoms with Crippen molar-refractivity contribution in [3.8, 4) is 0 Å². The SMILES string of the molecule is CCCC(CC)(C(C)C)N(C)C. The van der Waals surface area contributed by atoms with E-state index in [1.54, 1.807) is 0 Å². The van der Waals surface area contributed by atoms with Gasteiger partial charge in [-0.2, -0.15) is 0 Å². The first-order valence-electron chi connectivity index (χ1n) is 5.18. The average Bonchev–Trinajstić information content (AvgIpc) is 1.98. The molecule has 74 valence electrons. The van der Waals surface area contributed by atoms with Gasteiger partial charge in [-0.05, 0) is 32.9 Å². The van der Waals surface area contributed by atoms with Crippen molar-refractivity contribution in [2.24, 2.45) is 5.92 Å². The van der Waals surface area contributed by atoms with Gasteiger partial charge in [0.1, 0.15) is 0 Å². The van der Waals surface area contributed by atoms with E-state index in [9.17, 15) is 0 Å². The summed E-state index contributed by atoms with van der Waals surface area (Å²) in [6.45, 7) is 9.24. The zero-order valence-corrected chi connectivity index (χ0v) is 9.65. The Bertz CT molecular complexity index is 108.